The van der Waals surface area contributed by atoms with Crippen LogP contribution in [-0.2, 0) is 6.54 Å². The summed E-state index contributed by atoms with van der Waals surface area (Å²) in [5.74, 6) is 0.742. The van der Waals surface area contributed by atoms with Crippen LogP contribution in [0.3, 0.4) is 0 Å². The standard InChI is InChI=1S/C15H16N2O3S/c16-14(18)12-5-8-17(9-6-12)7-1-2-11-21-15(19)13-4-3-10-20-13/h3-6,8-10H,1-2,7,11H2,(H-,16,18)/p+1. The van der Waals surface area contributed by atoms with Crippen LogP contribution in [-0.4, -0.2) is 16.8 Å². The lowest BCUT2D eigenvalue weighted by atomic mass is 10.2. The average Bonchev–Trinajstić information content (AvgIpc) is 3.01. The molecule has 2 aromatic heterocycles. The van der Waals surface area contributed by atoms with Gasteiger partial charge in [-0.1, -0.05) is 11.8 Å². The Morgan fingerprint density at radius 3 is 2.57 bits per heavy atom. The van der Waals surface area contributed by atoms with Gasteiger partial charge in [0.2, 0.25) is 5.91 Å². The van der Waals surface area contributed by atoms with E-state index in [1.807, 2.05) is 17.0 Å². The number of nitrogens with two attached hydrogens (primary N) is 1. The summed E-state index contributed by atoms with van der Waals surface area (Å²) in [6, 6.07) is 6.79. The highest BCUT2D eigenvalue weighted by molar-refractivity contribution is 8.14. The van der Waals surface area contributed by atoms with Gasteiger partial charge in [-0.05, 0) is 18.6 Å². The highest BCUT2D eigenvalue weighted by atomic mass is 32.2. The van der Waals surface area contributed by atoms with Crippen molar-refractivity contribution in [3.63, 3.8) is 0 Å². The summed E-state index contributed by atoms with van der Waals surface area (Å²) in [4.78, 5) is 22.6. The number of thioether (sulfide) groups is 1. The first kappa shape index (κ1) is 15.3. The minimum Gasteiger partial charge on any atom is -0.460 e. The molecule has 110 valence electrons. The molecule has 0 bridgehead atoms. The van der Waals surface area contributed by atoms with E-state index in [0.29, 0.717) is 11.3 Å². The third-order valence-corrected chi connectivity index (χ3v) is 3.90. The van der Waals surface area contributed by atoms with Gasteiger partial charge >= 0.3 is 0 Å². The summed E-state index contributed by atoms with van der Waals surface area (Å²) < 4.78 is 7.03. The van der Waals surface area contributed by atoms with Crippen molar-refractivity contribution < 1.29 is 18.6 Å². The molecule has 0 radical (unpaired) electrons. The van der Waals surface area contributed by atoms with Crippen LogP contribution in [0.25, 0.3) is 0 Å². The molecule has 0 aliphatic rings. The molecule has 2 N–H and O–H groups in total. The Morgan fingerprint density at radius 1 is 1.19 bits per heavy atom. The van der Waals surface area contributed by atoms with E-state index >= 15 is 0 Å². The molecule has 2 heterocycles. The fourth-order valence-electron chi connectivity index (χ4n) is 1.80. The molecular formula is C15H17N2O3S+. The first-order valence-corrected chi connectivity index (χ1v) is 7.65. The van der Waals surface area contributed by atoms with E-state index in [1.165, 1.54) is 18.0 Å². The number of primary amides is 1. The monoisotopic (exact) mass is 305 g/mol. The number of hydrogen-bond donors (Lipinski definition) is 1. The van der Waals surface area contributed by atoms with Crippen molar-refractivity contribution in [1.82, 2.24) is 0 Å². The van der Waals surface area contributed by atoms with Gasteiger partial charge < -0.3 is 10.2 Å². The Labute approximate surface area is 127 Å². The van der Waals surface area contributed by atoms with E-state index in [4.69, 9.17) is 10.2 Å². The van der Waals surface area contributed by atoms with Crippen LogP contribution in [0.1, 0.15) is 33.8 Å². The van der Waals surface area contributed by atoms with Crippen LogP contribution in [0.5, 0.6) is 0 Å². The molecule has 0 spiro atoms. The Balaban J connectivity index is 1.65. The second-order valence-corrected chi connectivity index (χ2v) is 5.58. The Kier molecular flexibility index (Phi) is 5.57. The molecule has 2 aromatic rings. The lowest BCUT2D eigenvalue weighted by Gasteiger charge is -1.99. The van der Waals surface area contributed by atoms with Crippen LogP contribution in [0.15, 0.2) is 47.3 Å². The number of carbonyl (C=O) groups excluding carboxylic acids is 2. The normalized spacial score (nSPS) is 10.5. The van der Waals surface area contributed by atoms with Crippen molar-refractivity contribution in [3.8, 4) is 0 Å². The average molecular weight is 305 g/mol. The SMILES string of the molecule is NC(=O)c1cc[n+](CCCCSC(=O)c2ccco2)cc1. The molecule has 5 nitrogen and oxygen atoms in total. The summed E-state index contributed by atoms with van der Waals surface area (Å²) in [6.07, 6.45) is 7.06. The van der Waals surface area contributed by atoms with E-state index < -0.39 is 5.91 Å². The zero-order valence-corrected chi connectivity index (χ0v) is 12.3. The van der Waals surface area contributed by atoms with Crippen LogP contribution in [0.4, 0.5) is 0 Å². The smallest absolute Gasteiger partial charge is 0.254 e. The maximum atomic E-state index is 11.7. The first-order valence-electron chi connectivity index (χ1n) is 6.66. The number of furan rings is 1. The Hall–Kier alpha value is -2.08. The fourth-order valence-corrected chi connectivity index (χ4v) is 2.59. The van der Waals surface area contributed by atoms with Crippen molar-refractivity contribution in [2.75, 3.05) is 5.75 Å². The molecule has 0 atom stereocenters. The molecule has 1 amide bonds. The highest BCUT2D eigenvalue weighted by Gasteiger charge is 2.09. The third-order valence-electron chi connectivity index (χ3n) is 2.94. The molecule has 0 aliphatic carbocycles. The summed E-state index contributed by atoms with van der Waals surface area (Å²) >= 11 is 1.27. The number of carbonyl (C=O) groups is 2. The van der Waals surface area contributed by atoms with Gasteiger partial charge in [0.05, 0.1) is 11.8 Å². The fraction of sp³-hybridized carbons (Fsp3) is 0.267. The molecule has 0 saturated carbocycles. The van der Waals surface area contributed by atoms with Crippen molar-refractivity contribution in [3.05, 3.63) is 54.2 Å². The molecule has 21 heavy (non-hydrogen) atoms. The zero-order chi connectivity index (χ0) is 15.1. The largest absolute Gasteiger partial charge is 0.460 e. The number of aromatic nitrogens is 1. The van der Waals surface area contributed by atoms with E-state index in [2.05, 4.69) is 0 Å². The van der Waals surface area contributed by atoms with E-state index in [-0.39, 0.29) is 5.12 Å². The van der Waals surface area contributed by atoms with Crippen LogP contribution in [0.2, 0.25) is 0 Å². The van der Waals surface area contributed by atoms with E-state index in [9.17, 15) is 9.59 Å². The summed E-state index contributed by atoms with van der Waals surface area (Å²) in [5.41, 5.74) is 5.69. The summed E-state index contributed by atoms with van der Waals surface area (Å²) in [7, 11) is 0. The van der Waals surface area contributed by atoms with Crippen molar-refractivity contribution >= 4 is 22.8 Å². The van der Waals surface area contributed by atoms with Gasteiger partial charge in [-0.15, -0.1) is 0 Å². The zero-order valence-electron chi connectivity index (χ0n) is 11.5. The summed E-state index contributed by atoms with van der Waals surface area (Å²) in [5, 5.41) is -0.0292. The molecule has 6 heteroatoms. The van der Waals surface area contributed by atoms with Crippen LogP contribution in [0, 0.1) is 0 Å². The number of aryl methyl sites for hydroxylation is 1. The Bertz CT molecular complexity index is 594. The number of pyridine rings is 1. The Morgan fingerprint density at radius 2 is 1.95 bits per heavy atom. The molecule has 0 saturated heterocycles. The number of hydrogen-bond acceptors (Lipinski definition) is 4. The number of amides is 1. The summed E-state index contributed by atoms with van der Waals surface area (Å²) in [6.45, 7) is 0.842. The molecule has 0 unspecified atom stereocenters. The van der Waals surface area contributed by atoms with Gasteiger partial charge in [0.15, 0.2) is 18.2 Å². The predicted octanol–water partition coefficient (Wildman–Crippen LogP) is 2.02. The minimum atomic E-state index is -0.421. The topological polar surface area (TPSA) is 77.2 Å². The molecule has 2 rings (SSSR count). The third kappa shape index (κ3) is 4.75. The highest BCUT2D eigenvalue weighted by Crippen LogP contribution is 2.14. The van der Waals surface area contributed by atoms with Gasteiger partial charge in [0.1, 0.15) is 6.54 Å². The molecule has 0 fully saturated rings. The maximum absolute atomic E-state index is 11.7. The van der Waals surface area contributed by atoms with Crippen molar-refractivity contribution in [2.45, 2.75) is 19.4 Å². The van der Waals surface area contributed by atoms with Crippen LogP contribution >= 0.6 is 11.8 Å². The van der Waals surface area contributed by atoms with Gasteiger partial charge in [0, 0.05) is 24.3 Å². The van der Waals surface area contributed by atoms with Crippen molar-refractivity contribution in [2.24, 2.45) is 5.73 Å². The van der Waals surface area contributed by atoms with Gasteiger partial charge in [-0.25, -0.2) is 4.57 Å². The number of rotatable bonds is 7. The molecule has 0 aromatic carbocycles. The van der Waals surface area contributed by atoms with Crippen LogP contribution < -0.4 is 10.3 Å². The first-order chi connectivity index (χ1) is 10.2. The lowest BCUT2D eigenvalue weighted by Crippen LogP contribution is -2.33. The van der Waals surface area contributed by atoms with Gasteiger partial charge in [-0.2, -0.15) is 0 Å². The van der Waals surface area contributed by atoms with E-state index in [0.717, 1.165) is 25.1 Å². The van der Waals surface area contributed by atoms with Crippen molar-refractivity contribution in [1.29, 1.82) is 0 Å². The number of unbranched alkanes of at least 4 members (excludes halogenated alkanes) is 1. The number of nitrogens with zero attached hydrogens (tertiary/aromatic N) is 1. The van der Waals surface area contributed by atoms with E-state index in [1.54, 1.807) is 24.3 Å². The van der Waals surface area contributed by atoms with Gasteiger partial charge in [0.25, 0.3) is 5.12 Å². The molecule has 0 aliphatic heterocycles. The second kappa shape index (κ2) is 7.64. The quantitative estimate of drug-likeness (QED) is 0.627. The second-order valence-electron chi connectivity index (χ2n) is 4.51. The predicted molar refractivity (Wildman–Crippen MR) is 79.9 cm³/mol. The minimum absolute atomic E-state index is 0.0292. The maximum Gasteiger partial charge on any atom is 0.254 e. The lowest BCUT2D eigenvalue weighted by molar-refractivity contribution is -0.697. The van der Waals surface area contributed by atoms with Gasteiger partial charge in [-0.3, -0.25) is 9.59 Å². The molecular weight excluding hydrogens is 288 g/mol.